The van der Waals surface area contributed by atoms with Crippen molar-refractivity contribution in [1.29, 1.82) is 0 Å². The molecule has 0 spiro atoms. The van der Waals surface area contributed by atoms with Crippen LogP contribution < -0.4 is 90.1 Å². The molecule has 5 unspecified atom stereocenters. The molecule has 7 N–H and O–H groups in total. The van der Waals surface area contributed by atoms with Gasteiger partial charge < -0.3 is 52.9 Å². The number of amides is 6. The van der Waals surface area contributed by atoms with E-state index in [1.807, 2.05) is 0 Å². The van der Waals surface area contributed by atoms with E-state index >= 15 is 0 Å². The third kappa shape index (κ3) is 20.8. The number of hydrogen-bond donors (Lipinski definition) is 7. The normalized spacial score (nSPS) is 13.5. The minimum absolute atomic E-state index is 0. The average Bonchev–Trinajstić information content (AvgIpc) is 3.03. The Morgan fingerprint density at radius 1 is 0.766 bits per heavy atom. The van der Waals surface area contributed by atoms with Crippen LogP contribution in [0.3, 0.4) is 0 Å². The maximum atomic E-state index is 13.0. The fraction of sp³-hybridized carbons (Fsp3) is 0.679. The third-order valence-corrected chi connectivity index (χ3v) is 7.11. The number of rotatable bonds is 22. The summed E-state index contributed by atoms with van der Waals surface area (Å²) in [6.45, 7) is 7.58. The SMILES string of the molecule is C[CH-]C(NC(C)=O)C(=O)NC(C)C(=O)NCNC(=O)C(CO)NC(=O)C(CSCC(COC(=O)CC)OC(=O)CC)NC(=O)CC.[Rb+]. The Balaban J connectivity index is 0. The van der Waals surface area contributed by atoms with Crippen LogP contribution >= 0.6 is 11.8 Å². The zero-order chi connectivity index (χ0) is 35.2. The summed E-state index contributed by atoms with van der Waals surface area (Å²) in [6.07, 6.45) is 0.934. The Bertz CT molecular complexity index is 1070. The second-order valence-electron chi connectivity index (χ2n) is 9.76. The van der Waals surface area contributed by atoms with Crippen molar-refractivity contribution in [3.8, 4) is 0 Å². The molecule has 6 amide bonds. The molecule has 0 aromatic heterocycles. The van der Waals surface area contributed by atoms with Crippen LogP contribution in [0.5, 0.6) is 0 Å². The molecule has 0 radical (unpaired) electrons. The number of thioether (sulfide) groups is 1. The van der Waals surface area contributed by atoms with Gasteiger partial charge >= 0.3 is 70.1 Å². The van der Waals surface area contributed by atoms with E-state index < -0.39 is 90.9 Å². The number of aliphatic hydroxyl groups excluding tert-OH is 1. The zero-order valence-corrected chi connectivity index (χ0v) is 33.8. The van der Waals surface area contributed by atoms with E-state index in [9.17, 15) is 43.5 Å². The van der Waals surface area contributed by atoms with Gasteiger partial charge in [0.1, 0.15) is 30.8 Å². The number of aliphatic hydroxyl groups is 1. The molecule has 0 rings (SSSR count). The Kier molecular flexibility index (Phi) is 26.8. The Morgan fingerprint density at radius 3 is 1.91 bits per heavy atom. The summed E-state index contributed by atoms with van der Waals surface area (Å²) in [5, 5.41) is 24.2. The van der Waals surface area contributed by atoms with Crippen LogP contribution in [-0.4, -0.2) is 114 Å². The largest absolute Gasteiger partial charge is 1.00 e. The van der Waals surface area contributed by atoms with Crippen LogP contribution in [0.2, 0.25) is 0 Å². The van der Waals surface area contributed by atoms with Gasteiger partial charge in [0, 0.05) is 37.7 Å². The minimum Gasteiger partial charge on any atom is -0.462 e. The van der Waals surface area contributed by atoms with E-state index in [2.05, 4.69) is 31.9 Å². The molecule has 0 bridgehead atoms. The van der Waals surface area contributed by atoms with Crippen molar-refractivity contribution in [2.24, 2.45) is 0 Å². The van der Waals surface area contributed by atoms with Crippen molar-refractivity contribution < 1.29 is 111 Å². The van der Waals surface area contributed by atoms with E-state index in [0.29, 0.717) is 0 Å². The van der Waals surface area contributed by atoms with Crippen molar-refractivity contribution in [2.45, 2.75) is 91.1 Å². The molecule has 19 heteroatoms. The number of esters is 2. The number of hydrogen-bond acceptors (Lipinski definition) is 12. The molecule has 0 heterocycles. The second-order valence-corrected chi connectivity index (χ2v) is 10.8. The van der Waals surface area contributed by atoms with E-state index in [0.717, 1.165) is 11.8 Å². The smallest absolute Gasteiger partial charge is 0.462 e. The first-order chi connectivity index (χ1) is 21.7. The summed E-state index contributed by atoms with van der Waals surface area (Å²) in [6, 6.07) is -4.57. The van der Waals surface area contributed by atoms with Gasteiger partial charge in [0.05, 0.1) is 13.3 Å². The van der Waals surface area contributed by atoms with Crippen molar-refractivity contribution in [2.75, 3.05) is 31.4 Å². The molecule has 0 aromatic rings. The maximum absolute atomic E-state index is 13.0. The van der Waals surface area contributed by atoms with Gasteiger partial charge in [0.15, 0.2) is 0 Å². The first-order valence-electron chi connectivity index (χ1n) is 14.8. The van der Waals surface area contributed by atoms with Gasteiger partial charge in [-0.1, -0.05) is 20.8 Å². The molecule has 0 aromatic carbocycles. The first-order valence-corrected chi connectivity index (χ1v) is 15.9. The summed E-state index contributed by atoms with van der Waals surface area (Å²) in [4.78, 5) is 96.9. The van der Waals surface area contributed by atoms with Crippen molar-refractivity contribution in [3.05, 3.63) is 6.42 Å². The van der Waals surface area contributed by atoms with Gasteiger partial charge in [-0.2, -0.15) is 18.7 Å². The molecule has 262 valence electrons. The predicted molar refractivity (Wildman–Crippen MR) is 166 cm³/mol. The molecule has 0 aliphatic rings. The molecule has 0 fully saturated rings. The van der Waals surface area contributed by atoms with Gasteiger partial charge in [-0.05, 0) is 13.0 Å². The van der Waals surface area contributed by atoms with Gasteiger partial charge in [-0.25, -0.2) is 0 Å². The molecule has 0 aliphatic heterocycles. The summed E-state index contributed by atoms with van der Waals surface area (Å²) in [5.74, 6) is -4.69. The summed E-state index contributed by atoms with van der Waals surface area (Å²) >= 11 is 1.13. The predicted octanol–water partition coefficient (Wildman–Crippen LogP) is -5.21. The van der Waals surface area contributed by atoms with Gasteiger partial charge in [0.2, 0.25) is 35.4 Å². The molecule has 0 saturated heterocycles. The first kappa shape index (κ1) is 47.0. The van der Waals surface area contributed by atoms with Crippen LogP contribution in [-0.2, 0) is 47.8 Å². The molecule has 47 heavy (non-hydrogen) atoms. The van der Waals surface area contributed by atoms with E-state index in [4.69, 9.17) is 9.47 Å². The molecule has 0 saturated carbocycles. The quantitative estimate of drug-likeness (QED) is 0.0311. The Morgan fingerprint density at radius 2 is 1.38 bits per heavy atom. The molecular weight excluding hydrogens is 714 g/mol. The van der Waals surface area contributed by atoms with Crippen LogP contribution in [0, 0.1) is 6.42 Å². The van der Waals surface area contributed by atoms with E-state index in [1.54, 1.807) is 27.7 Å². The van der Waals surface area contributed by atoms with Crippen molar-refractivity contribution in [3.63, 3.8) is 0 Å². The van der Waals surface area contributed by atoms with Crippen LogP contribution in [0.1, 0.15) is 60.8 Å². The third-order valence-electron chi connectivity index (χ3n) is 5.93. The molecule has 17 nitrogen and oxygen atoms in total. The van der Waals surface area contributed by atoms with Crippen molar-refractivity contribution >= 4 is 59.1 Å². The Hall–Kier alpha value is -2.12. The van der Waals surface area contributed by atoms with E-state index in [-0.39, 0.29) is 95.6 Å². The molecular formula is C28H47N6O11RbS. The minimum atomic E-state index is -1.45. The number of nitrogens with one attached hydrogen (secondary N) is 6. The summed E-state index contributed by atoms with van der Waals surface area (Å²) in [7, 11) is 0. The van der Waals surface area contributed by atoms with Crippen LogP contribution in [0.25, 0.3) is 0 Å². The zero-order valence-electron chi connectivity index (χ0n) is 28.1. The van der Waals surface area contributed by atoms with E-state index in [1.165, 1.54) is 20.3 Å². The van der Waals surface area contributed by atoms with Gasteiger partial charge in [-0.3, -0.25) is 38.4 Å². The standard InChI is InChI=1S/C28H47N6O11S.Rb/c1-7-19(32-17(6)36)27(42)31-16(5)25(40)29-15-30-26(41)20(11-35)34-28(43)21(33-22(37)8-2)14-46-13-18(45-24(39)10-4)12-44-23(38)9-3;/h7,16,18-21,35H,8-15H2,1-6H3,(H,29,40)(H,30,41)(H,31,42)(H,32,36)(H,33,37)(H,34,43);/q-1;+1. The number of carbonyl (C=O) groups is 8. The van der Waals surface area contributed by atoms with Crippen LogP contribution in [0.4, 0.5) is 0 Å². The molecule has 5 atom stereocenters. The van der Waals surface area contributed by atoms with Gasteiger partial charge in [-0.15, -0.1) is 0 Å². The maximum Gasteiger partial charge on any atom is 1.00 e. The van der Waals surface area contributed by atoms with Crippen LogP contribution in [0.15, 0.2) is 0 Å². The molecule has 0 aliphatic carbocycles. The topological polar surface area (TPSA) is 247 Å². The fourth-order valence-electron chi connectivity index (χ4n) is 3.32. The number of carbonyl (C=O) groups excluding carboxylic acids is 8. The summed E-state index contributed by atoms with van der Waals surface area (Å²) in [5.41, 5.74) is 0. The van der Waals surface area contributed by atoms with Crippen molar-refractivity contribution in [1.82, 2.24) is 31.9 Å². The Labute approximate surface area is 328 Å². The average molecular weight is 761 g/mol. The second kappa shape index (κ2) is 26.8. The fourth-order valence-corrected chi connectivity index (χ4v) is 4.35. The monoisotopic (exact) mass is 760 g/mol. The van der Waals surface area contributed by atoms with Gasteiger partial charge in [0.25, 0.3) is 0 Å². The number of ether oxygens (including phenoxy) is 2. The summed E-state index contributed by atoms with van der Waals surface area (Å²) < 4.78 is 10.4.